The first kappa shape index (κ1) is 23.6. The van der Waals surface area contributed by atoms with Gasteiger partial charge in [-0.2, -0.15) is 0 Å². The zero-order valence-electron chi connectivity index (χ0n) is 20.1. The van der Waals surface area contributed by atoms with E-state index in [1.165, 1.54) is 12.1 Å². The number of benzene rings is 1. The minimum absolute atomic E-state index is 0.00865. The maximum absolute atomic E-state index is 14.8. The lowest BCUT2D eigenvalue weighted by Gasteiger charge is -2.46. The summed E-state index contributed by atoms with van der Waals surface area (Å²) in [5, 5.41) is 0. The van der Waals surface area contributed by atoms with Crippen LogP contribution >= 0.6 is 0 Å². The second kappa shape index (κ2) is 9.01. The van der Waals surface area contributed by atoms with Crippen LogP contribution in [0.25, 0.3) is 0 Å². The first-order valence-electron chi connectivity index (χ1n) is 11.7. The molecule has 0 bridgehead atoms. The van der Waals surface area contributed by atoms with Crippen LogP contribution in [0.3, 0.4) is 0 Å². The lowest BCUT2D eigenvalue weighted by atomic mass is 9.86. The predicted molar refractivity (Wildman–Crippen MR) is 126 cm³/mol. The fourth-order valence-corrected chi connectivity index (χ4v) is 5.40. The van der Waals surface area contributed by atoms with E-state index in [0.717, 1.165) is 11.9 Å². The molecule has 7 heteroatoms. The number of carbonyl (C=O) groups excluding carboxylic acids is 1. The van der Waals surface area contributed by atoms with Crippen molar-refractivity contribution in [2.75, 3.05) is 31.1 Å². The van der Waals surface area contributed by atoms with Crippen LogP contribution in [0.4, 0.5) is 14.6 Å². The third-order valence-corrected chi connectivity index (χ3v) is 7.09. The van der Waals surface area contributed by atoms with Gasteiger partial charge in [0.1, 0.15) is 17.5 Å². The van der Waals surface area contributed by atoms with Gasteiger partial charge >= 0.3 is 0 Å². The normalized spacial score (nSPS) is 26.6. The van der Waals surface area contributed by atoms with Gasteiger partial charge in [-0.1, -0.05) is 12.1 Å². The van der Waals surface area contributed by atoms with Gasteiger partial charge in [0, 0.05) is 62.0 Å². The predicted octanol–water partition coefficient (Wildman–Crippen LogP) is 4.30. The molecule has 0 N–H and O–H groups in total. The molecule has 178 valence electrons. The van der Waals surface area contributed by atoms with Crippen LogP contribution < -0.4 is 4.90 Å². The van der Waals surface area contributed by atoms with Crippen LogP contribution in [-0.4, -0.2) is 64.5 Å². The van der Waals surface area contributed by atoms with Crippen molar-refractivity contribution in [3.63, 3.8) is 0 Å². The molecule has 2 aliphatic heterocycles. The van der Waals surface area contributed by atoms with Crippen LogP contribution in [0.5, 0.6) is 0 Å². The number of amides is 1. The number of likely N-dealkylation sites (tertiary alicyclic amines) is 1. The van der Waals surface area contributed by atoms with Crippen molar-refractivity contribution < 1.29 is 13.6 Å². The molecule has 1 aromatic heterocycles. The molecular weight excluding hydrogens is 422 g/mol. The Morgan fingerprint density at radius 3 is 2.27 bits per heavy atom. The van der Waals surface area contributed by atoms with Crippen molar-refractivity contribution in [3.05, 3.63) is 59.8 Å². The van der Waals surface area contributed by atoms with E-state index in [4.69, 9.17) is 0 Å². The fraction of sp³-hybridized carbons (Fsp3) is 0.538. The van der Waals surface area contributed by atoms with Crippen molar-refractivity contribution >= 4 is 11.7 Å². The molecule has 5 nitrogen and oxygen atoms in total. The van der Waals surface area contributed by atoms with Crippen LogP contribution in [0.1, 0.15) is 46.1 Å². The minimum atomic E-state index is -0.599. The van der Waals surface area contributed by atoms with Gasteiger partial charge in [-0.05, 0) is 58.4 Å². The molecule has 33 heavy (non-hydrogen) atoms. The molecule has 0 spiro atoms. The number of aromatic nitrogens is 1. The standard InChI is InChI=1S/C26H34F2N4O/c1-17-13-30(24-8-6-7-11-29-24)14-18(2)32(17)25(33)22-16-31(26(3,4)5)15-21(22)20-10-9-19(27)12-23(20)28/h6-12,17-18,21-22H,13-16H2,1-5H3/t17-,18+,21-,22+/m1/s1. The molecule has 3 heterocycles. The van der Waals surface area contributed by atoms with E-state index in [0.29, 0.717) is 31.7 Å². The van der Waals surface area contributed by atoms with Crippen LogP contribution in [0, 0.1) is 17.6 Å². The van der Waals surface area contributed by atoms with Gasteiger partial charge in [0.2, 0.25) is 5.91 Å². The molecule has 1 amide bonds. The summed E-state index contributed by atoms with van der Waals surface area (Å²) in [7, 11) is 0. The average molecular weight is 457 g/mol. The number of carbonyl (C=O) groups is 1. The van der Waals surface area contributed by atoms with E-state index in [2.05, 4.69) is 49.4 Å². The van der Waals surface area contributed by atoms with Gasteiger partial charge in [0.05, 0.1) is 5.92 Å². The van der Waals surface area contributed by atoms with Crippen molar-refractivity contribution in [3.8, 4) is 0 Å². The molecule has 0 aliphatic carbocycles. The Morgan fingerprint density at radius 2 is 1.70 bits per heavy atom. The minimum Gasteiger partial charge on any atom is -0.353 e. The fourth-order valence-electron chi connectivity index (χ4n) is 5.40. The van der Waals surface area contributed by atoms with E-state index in [9.17, 15) is 13.6 Å². The summed E-state index contributed by atoms with van der Waals surface area (Å²) in [4.78, 5) is 24.9. The van der Waals surface area contributed by atoms with Crippen molar-refractivity contribution in [2.24, 2.45) is 5.92 Å². The Bertz CT molecular complexity index is 982. The summed E-state index contributed by atoms with van der Waals surface area (Å²) in [5.41, 5.74) is 0.271. The second-order valence-corrected chi connectivity index (χ2v) is 10.5. The Kier molecular flexibility index (Phi) is 6.45. The van der Waals surface area contributed by atoms with Gasteiger partial charge < -0.3 is 9.80 Å². The molecule has 4 atom stereocenters. The molecule has 2 fully saturated rings. The van der Waals surface area contributed by atoms with Gasteiger partial charge in [-0.25, -0.2) is 13.8 Å². The highest BCUT2D eigenvalue weighted by Gasteiger charge is 2.46. The number of piperazine rings is 1. The number of anilines is 1. The highest BCUT2D eigenvalue weighted by Crippen LogP contribution is 2.39. The van der Waals surface area contributed by atoms with E-state index in [1.807, 2.05) is 23.1 Å². The van der Waals surface area contributed by atoms with E-state index in [-0.39, 0.29) is 35.4 Å². The van der Waals surface area contributed by atoms with Gasteiger partial charge in [-0.15, -0.1) is 0 Å². The molecular formula is C26H34F2N4O. The lowest BCUT2D eigenvalue weighted by Crippen LogP contribution is -2.60. The maximum atomic E-state index is 14.8. The summed E-state index contributed by atoms with van der Waals surface area (Å²) in [5.74, 6) is -0.904. The van der Waals surface area contributed by atoms with Crippen molar-refractivity contribution in [1.29, 1.82) is 0 Å². The maximum Gasteiger partial charge on any atom is 0.228 e. The first-order chi connectivity index (χ1) is 15.6. The summed E-state index contributed by atoms with van der Waals surface area (Å²) in [6.45, 7) is 13.0. The van der Waals surface area contributed by atoms with Crippen LogP contribution in [-0.2, 0) is 4.79 Å². The number of hydrogen-bond acceptors (Lipinski definition) is 4. The molecule has 4 rings (SSSR count). The molecule has 2 saturated heterocycles. The molecule has 0 unspecified atom stereocenters. The number of hydrogen-bond donors (Lipinski definition) is 0. The summed E-state index contributed by atoms with van der Waals surface area (Å²) >= 11 is 0. The molecule has 1 aromatic carbocycles. The summed E-state index contributed by atoms with van der Waals surface area (Å²) < 4.78 is 28.4. The van der Waals surface area contributed by atoms with Crippen LogP contribution in [0.2, 0.25) is 0 Å². The largest absolute Gasteiger partial charge is 0.353 e. The van der Waals surface area contributed by atoms with Crippen molar-refractivity contribution in [1.82, 2.24) is 14.8 Å². The molecule has 0 saturated carbocycles. The van der Waals surface area contributed by atoms with E-state index < -0.39 is 11.6 Å². The number of halogens is 2. The molecule has 2 aromatic rings. The number of pyridine rings is 1. The van der Waals surface area contributed by atoms with E-state index >= 15 is 0 Å². The molecule has 0 radical (unpaired) electrons. The Balaban J connectivity index is 1.60. The average Bonchev–Trinajstić information content (AvgIpc) is 3.19. The SMILES string of the molecule is C[C@@H]1CN(c2ccccn2)C[C@H](C)N1C(=O)[C@H]1CN(C(C)(C)C)C[C@@H]1c1ccc(F)cc1F. The first-order valence-corrected chi connectivity index (χ1v) is 11.7. The Hall–Kier alpha value is -2.54. The highest BCUT2D eigenvalue weighted by molar-refractivity contribution is 5.81. The van der Waals surface area contributed by atoms with Gasteiger partial charge in [0.15, 0.2) is 0 Å². The lowest BCUT2D eigenvalue weighted by molar-refractivity contribution is -0.140. The Labute approximate surface area is 195 Å². The van der Waals surface area contributed by atoms with E-state index in [1.54, 1.807) is 6.20 Å². The zero-order chi connectivity index (χ0) is 23.9. The molecule has 2 aliphatic rings. The smallest absolute Gasteiger partial charge is 0.228 e. The number of nitrogens with zero attached hydrogens (tertiary/aromatic N) is 4. The Morgan fingerprint density at radius 1 is 1.00 bits per heavy atom. The summed E-state index contributed by atoms with van der Waals surface area (Å²) in [6, 6.07) is 9.55. The van der Waals surface area contributed by atoms with Gasteiger partial charge in [0.25, 0.3) is 0 Å². The second-order valence-electron chi connectivity index (χ2n) is 10.5. The quantitative estimate of drug-likeness (QED) is 0.691. The summed E-state index contributed by atoms with van der Waals surface area (Å²) in [6.07, 6.45) is 1.78. The number of rotatable bonds is 3. The zero-order valence-corrected chi connectivity index (χ0v) is 20.1. The monoisotopic (exact) mass is 456 g/mol. The van der Waals surface area contributed by atoms with Gasteiger partial charge in [-0.3, -0.25) is 9.69 Å². The van der Waals surface area contributed by atoms with Crippen molar-refractivity contribution in [2.45, 2.75) is 58.2 Å². The highest BCUT2D eigenvalue weighted by atomic mass is 19.1. The third-order valence-electron chi connectivity index (χ3n) is 7.09. The topological polar surface area (TPSA) is 39.7 Å². The van der Waals surface area contributed by atoms with Crippen LogP contribution in [0.15, 0.2) is 42.6 Å². The third kappa shape index (κ3) is 4.74.